The van der Waals surface area contributed by atoms with Gasteiger partial charge in [-0.2, -0.15) is 0 Å². The van der Waals surface area contributed by atoms with Gasteiger partial charge in [0.2, 0.25) is 0 Å². The molecule has 2 rings (SSSR count). The molecule has 0 fully saturated rings. The lowest BCUT2D eigenvalue weighted by molar-refractivity contribution is -0.148. The van der Waals surface area contributed by atoms with Crippen molar-refractivity contribution in [3.05, 3.63) is 46.7 Å². The molecule has 1 amide bonds. The number of hydrogen-bond donors (Lipinski definition) is 1. The summed E-state index contributed by atoms with van der Waals surface area (Å²) in [5.74, 6) is 0.0452. The van der Waals surface area contributed by atoms with Crippen molar-refractivity contribution < 1.29 is 23.8 Å². The Hall–Kier alpha value is -2.80. The molecule has 0 spiro atoms. The summed E-state index contributed by atoms with van der Waals surface area (Å²) in [6.07, 6.45) is 1.99. The number of nitrogens with one attached hydrogen (secondary N) is 1. The number of hydrogen-bond acceptors (Lipinski definition) is 6. The second-order valence-electron chi connectivity index (χ2n) is 5.02. The summed E-state index contributed by atoms with van der Waals surface area (Å²) < 4.78 is 15.4. The van der Waals surface area contributed by atoms with E-state index in [1.54, 1.807) is 24.3 Å². The van der Waals surface area contributed by atoms with Crippen LogP contribution in [0.1, 0.15) is 11.8 Å². The maximum absolute atomic E-state index is 12.2. The van der Waals surface area contributed by atoms with E-state index in [2.05, 4.69) is 5.32 Å². The summed E-state index contributed by atoms with van der Waals surface area (Å²) in [5, 5.41) is 4.57. The fourth-order valence-electron chi connectivity index (χ4n) is 1.93. The average Bonchev–Trinajstić information content (AvgIpc) is 3.13. The number of thiophene rings is 1. The zero-order valence-corrected chi connectivity index (χ0v) is 15.0. The number of esters is 1. The molecule has 1 aromatic carbocycles. The summed E-state index contributed by atoms with van der Waals surface area (Å²) in [6.45, 7) is 1.50. The average molecular weight is 361 g/mol. The maximum atomic E-state index is 12.2. The Morgan fingerprint density at radius 3 is 2.40 bits per heavy atom. The van der Waals surface area contributed by atoms with Crippen LogP contribution in [0, 0.1) is 0 Å². The van der Waals surface area contributed by atoms with E-state index >= 15 is 0 Å². The number of rotatable bonds is 7. The minimum Gasteiger partial charge on any atom is -0.497 e. The molecular formula is C18H19NO5S. The van der Waals surface area contributed by atoms with Crippen molar-refractivity contribution in [2.75, 3.05) is 19.5 Å². The number of carbonyl (C=O) groups is 2. The third-order valence-electron chi connectivity index (χ3n) is 3.21. The van der Waals surface area contributed by atoms with Crippen molar-refractivity contribution in [3.8, 4) is 11.5 Å². The van der Waals surface area contributed by atoms with Gasteiger partial charge in [-0.05, 0) is 24.4 Å². The summed E-state index contributed by atoms with van der Waals surface area (Å²) in [6, 6.07) is 8.74. The Morgan fingerprint density at radius 2 is 1.84 bits per heavy atom. The predicted molar refractivity (Wildman–Crippen MR) is 97.1 cm³/mol. The molecule has 25 heavy (non-hydrogen) atoms. The first-order chi connectivity index (χ1) is 12.0. The Labute approximate surface area is 150 Å². The zero-order chi connectivity index (χ0) is 18.2. The molecule has 2 aromatic rings. The van der Waals surface area contributed by atoms with Crippen molar-refractivity contribution in [2.45, 2.75) is 13.0 Å². The van der Waals surface area contributed by atoms with Crippen molar-refractivity contribution in [3.63, 3.8) is 0 Å². The van der Waals surface area contributed by atoms with Crippen LogP contribution < -0.4 is 14.8 Å². The predicted octanol–water partition coefficient (Wildman–Crippen LogP) is 3.35. The second-order valence-corrected chi connectivity index (χ2v) is 6.00. The summed E-state index contributed by atoms with van der Waals surface area (Å²) in [5.41, 5.74) is 0.484. The lowest BCUT2D eigenvalue weighted by Gasteiger charge is -2.14. The molecule has 0 saturated carbocycles. The molecule has 0 saturated heterocycles. The van der Waals surface area contributed by atoms with Crippen LogP contribution in [0.3, 0.4) is 0 Å². The highest BCUT2D eigenvalue weighted by Crippen LogP contribution is 2.25. The molecule has 0 aliphatic rings. The molecule has 1 atom stereocenters. The number of carbonyl (C=O) groups excluding carboxylic acids is 2. The first-order valence-electron chi connectivity index (χ1n) is 7.48. The van der Waals surface area contributed by atoms with Gasteiger partial charge in [-0.25, -0.2) is 4.79 Å². The van der Waals surface area contributed by atoms with Gasteiger partial charge in [-0.15, -0.1) is 11.3 Å². The van der Waals surface area contributed by atoms with Crippen molar-refractivity contribution >= 4 is 35.0 Å². The Kier molecular flexibility index (Phi) is 6.59. The van der Waals surface area contributed by atoms with Gasteiger partial charge in [0, 0.05) is 34.8 Å². The molecular weight excluding hydrogens is 342 g/mol. The normalized spacial score (nSPS) is 11.8. The van der Waals surface area contributed by atoms with E-state index < -0.39 is 18.0 Å². The highest BCUT2D eigenvalue weighted by Gasteiger charge is 2.17. The fraction of sp³-hybridized carbons (Fsp3) is 0.222. The first-order valence-corrected chi connectivity index (χ1v) is 8.36. The Morgan fingerprint density at radius 1 is 1.16 bits per heavy atom. The minimum atomic E-state index is -0.947. The molecule has 132 valence electrons. The van der Waals surface area contributed by atoms with Crippen LogP contribution in [-0.2, 0) is 14.3 Å². The van der Waals surface area contributed by atoms with E-state index in [1.807, 2.05) is 17.5 Å². The highest BCUT2D eigenvalue weighted by molar-refractivity contribution is 7.10. The molecule has 7 heteroatoms. The van der Waals surface area contributed by atoms with Gasteiger partial charge in [0.1, 0.15) is 11.5 Å². The quantitative estimate of drug-likeness (QED) is 0.605. The Balaban J connectivity index is 1.94. The molecule has 1 aromatic heterocycles. The minimum absolute atomic E-state index is 0.451. The third-order valence-corrected chi connectivity index (χ3v) is 4.05. The highest BCUT2D eigenvalue weighted by atomic mass is 32.1. The van der Waals surface area contributed by atoms with Gasteiger partial charge < -0.3 is 19.5 Å². The number of ether oxygens (including phenoxy) is 3. The van der Waals surface area contributed by atoms with E-state index in [0.29, 0.717) is 17.2 Å². The van der Waals surface area contributed by atoms with Crippen LogP contribution in [0.2, 0.25) is 0 Å². The van der Waals surface area contributed by atoms with Crippen molar-refractivity contribution in [2.24, 2.45) is 0 Å². The van der Waals surface area contributed by atoms with Gasteiger partial charge in [-0.1, -0.05) is 6.07 Å². The molecule has 0 aliphatic heterocycles. The fourth-order valence-corrected chi connectivity index (χ4v) is 2.54. The first kappa shape index (κ1) is 18.5. The number of methoxy groups -OCH3 is 2. The number of amides is 1. The molecule has 6 nitrogen and oxygen atoms in total. The molecule has 0 aliphatic carbocycles. The second kappa shape index (κ2) is 8.89. The monoisotopic (exact) mass is 361 g/mol. The van der Waals surface area contributed by atoms with E-state index in [0.717, 1.165) is 4.88 Å². The van der Waals surface area contributed by atoms with Crippen molar-refractivity contribution in [1.82, 2.24) is 0 Å². The molecule has 0 bridgehead atoms. The molecule has 0 radical (unpaired) electrons. The SMILES string of the molecule is COc1cc(NC(=O)C(C)OC(=O)/C=C/c2cccs2)cc(OC)c1. The van der Waals surface area contributed by atoms with Crippen LogP contribution in [-0.4, -0.2) is 32.2 Å². The molecule has 1 heterocycles. The number of anilines is 1. The van der Waals surface area contributed by atoms with Gasteiger partial charge in [0.05, 0.1) is 14.2 Å². The maximum Gasteiger partial charge on any atom is 0.331 e. The standard InChI is InChI=1S/C18H19NO5S/c1-12(24-17(20)7-6-16-5-4-8-25-16)18(21)19-13-9-14(22-2)11-15(10-13)23-3/h4-12H,1-3H3,(H,19,21)/b7-6+. The summed E-state index contributed by atoms with van der Waals surface area (Å²) in [4.78, 5) is 24.9. The van der Waals surface area contributed by atoms with E-state index in [1.165, 1.54) is 38.6 Å². The topological polar surface area (TPSA) is 73.9 Å². The molecule has 1 unspecified atom stereocenters. The van der Waals surface area contributed by atoms with Crippen LogP contribution >= 0.6 is 11.3 Å². The number of benzene rings is 1. The summed E-state index contributed by atoms with van der Waals surface area (Å²) >= 11 is 1.50. The van der Waals surface area contributed by atoms with E-state index in [4.69, 9.17) is 14.2 Å². The van der Waals surface area contributed by atoms with Crippen LogP contribution in [0.15, 0.2) is 41.8 Å². The lowest BCUT2D eigenvalue weighted by atomic mass is 10.2. The van der Waals surface area contributed by atoms with Crippen LogP contribution in [0.5, 0.6) is 11.5 Å². The van der Waals surface area contributed by atoms with E-state index in [9.17, 15) is 9.59 Å². The largest absolute Gasteiger partial charge is 0.497 e. The lowest BCUT2D eigenvalue weighted by Crippen LogP contribution is -2.29. The van der Waals surface area contributed by atoms with E-state index in [-0.39, 0.29) is 0 Å². The van der Waals surface area contributed by atoms with Crippen LogP contribution in [0.4, 0.5) is 5.69 Å². The van der Waals surface area contributed by atoms with Crippen LogP contribution in [0.25, 0.3) is 6.08 Å². The Bertz CT molecular complexity index is 733. The van der Waals surface area contributed by atoms with Crippen molar-refractivity contribution in [1.29, 1.82) is 0 Å². The van der Waals surface area contributed by atoms with Gasteiger partial charge in [-0.3, -0.25) is 4.79 Å². The summed E-state index contributed by atoms with van der Waals surface area (Å²) in [7, 11) is 3.04. The third kappa shape index (κ3) is 5.65. The van der Waals surface area contributed by atoms with Gasteiger partial charge >= 0.3 is 5.97 Å². The molecule has 1 N–H and O–H groups in total. The van der Waals surface area contributed by atoms with Gasteiger partial charge in [0.15, 0.2) is 6.10 Å². The van der Waals surface area contributed by atoms with Gasteiger partial charge in [0.25, 0.3) is 5.91 Å². The zero-order valence-electron chi connectivity index (χ0n) is 14.1. The smallest absolute Gasteiger partial charge is 0.331 e.